The molecule has 2 bridgehead atoms. The summed E-state index contributed by atoms with van der Waals surface area (Å²) in [4.78, 5) is 27.8. The van der Waals surface area contributed by atoms with Gasteiger partial charge in [-0.3, -0.25) is 9.59 Å². The quantitative estimate of drug-likeness (QED) is 0.827. The van der Waals surface area contributed by atoms with Crippen LogP contribution in [-0.4, -0.2) is 46.0 Å². The van der Waals surface area contributed by atoms with Crippen LogP contribution >= 0.6 is 0 Å². The maximum absolute atomic E-state index is 13.1. The first-order valence-corrected chi connectivity index (χ1v) is 10.9. The van der Waals surface area contributed by atoms with Crippen LogP contribution in [0.3, 0.4) is 0 Å². The van der Waals surface area contributed by atoms with Crippen LogP contribution in [0.15, 0.2) is 10.6 Å². The van der Waals surface area contributed by atoms with E-state index in [1.165, 1.54) is 0 Å². The summed E-state index contributed by atoms with van der Waals surface area (Å²) in [6.07, 6.45) is 9.78. The molecule has 2 saturated heterocycles. The number of amides is 2. The maximum Gasteiger partial charge on any atom is 0.273 e. The molecule has 3 heterocycles. The molecule has 0 aromatic carbocycles. The van der Waals surface area contributed by atoms with Gasteiger partial charge >= 0.3 is 0 Å². The third-order valence-electron chi connectivity index (χ3n) is 7.18. The van der Waals surface area contributed by atoms with Crippen molar-refractivity contribution < 1.29 is 14.1 Å². The molecule has 152 valence electrons. The Hall–Kier alpha value is -1.89. The van der Waals surface area contributed by atoms with E-state index in [0.29, 0.717) is 17.5 Å². The molecule has 0 unspecified atom stereocenters. The van der Waals surface area contributed by atoms with Crippen molar-refractivity contribution in [3.63, 3.8) is 0 Å². The average Bonchev–Trinajstić information content (AvgIpc) is 3.35. The molecule has 1 aromatic rings. The van der Waals surface area contributed by atoms with Gasteiger partial charge in [0, 0.05) is 42.1 Å². The number of carbonyl (C=O) groups is 2. The summed E-state index contributed by atoms with van der Waals surface area (Å²) in [5.41, 5.74) is 6.38. The average molecular weight is 386 g/mol. The van der Waals surface area contributed by atoms with Crippen molar-refractivity contribution in [2.24, 2.45) is 11.7 Å². The molecule has 4 fully saturated rings. The van der Waals surface area contributed by atoms with Crippen molar-refractivity contribution in [3.05, 3.63) is 17.5 Å². The number of fused-ring (bicyclic) bond motifs is 2. The zero-order chi connectivity index (χ0) is 19.3. The lowest BCUT2D eigenvalue weighted by atomic mass is 9.84. The van der Waals surface area contributed by atoms with Gasteiger partial charge in [0.15, 0.2) is 5.69 Å². The fourth-order valence-electron chi connectivity index (χ4n) is 5.45. The number of rotatable bonds is 4. The van der Waals surface area contributed by atoms with E-state index in [1.807, 2.05) is 0 Å². The predicted octanol–water partition coefficient (Wildman–Crippen LogP) is 2.32. The number of nitrogens with one attached hydrogen (secondary N) is 1. The summed E-state index contributed by atoms with van der Waals surface area (Å²) in [5, 5.41) is 7.08. The molecule has 2 amide bonds. The van der Waals surface area contributed by atoms with Gasteiger partial charge in [0.05, 0.1) is 0 Å². The Balaban J connectivity index is 1.19. The Kier molecular flexibility index (Phi) is 4.65. The van der Waals surface area contributed by atoms with Crippen LogP contribution < -0.4 is 11.1 Å². The molecular weight excluding hydrogens is 356 g/mol. The van der Waals surface area contributed by atoms with Crippen LogP contribution in [0.25, 0.3) is 0 Å². The molecule has 3 N–H and O–H groups in total. The first-order chi connectivity index (χ1) is 13.6. The Morgan fingerprint density at radius 1 is 1.04 bits per heavy atom. The van der Waals surface area contributed by atoms with Gasteiger partial charge in [0.1, 0.15) is 5.76 Å². The summed E-state index contributed by atoms with van der Waals surface area (Å²) in [7, 11) is 0. The second-order valence-corrected chi connectivity index (χ2v) is 9.27. The topological polar surface area (TPSA) is 101 Å². The molecule has 0 radical (unpaired) electrons. The van der Waals surface area contributed by atoms with E-state index < -0.39 is 0 Å². The van der Waals surface area contributed by atoms with Crippen molar-refractivity contribution in [3.8, 4) is 0 Å². The van der Waals surface area contributed by atoms with Crippen LogP contribution in [0.2, 0.25) is 0 Å². The van der Waals surface area contributed by atoms with Crippen LogP contribution in [0.5, 0.6) is 0 Å². The molecule has 4 aliphatic rings. The fourth-order valence-corrected chi connectivity index (χ4v) is 5.45. The minimum atomic E-state index is -0.152. The van der Waals surface area contributed by atoms with Crippen LogP contribution in [0, 0.1) is 5.92 Å². The molecule has 28 heavy (non-hydrogen) atoms. The number of carbonyl (C=O) groups excluding carboxylic acids is 2. The molecular formula is C21H30N4O3. The summed E-state index contributed by atoms with van der Waals surface area (Å²) in [6.45, 7) is 0. The van der Waals surface area contributed by atoms with Gasteiger partial charge in [-0.25, -0.2) is 0 Å². The fraction of sp³-hybridized carbons (Fsp3) is 0.762. The van der Waals surface area contributed by atoms with Crippen molar-refractivity contribution >= 4 is 11.8 Å². The zero-order valence-corrected chi connectivity index (χ0v) is 16.3. The lowest BCUT2D eigenvalue weighted by molar-refractivity contribution is -0.141. The van der Waals surface area contributed by atoms with Gasteiger partial charge in [-0.1, -0.05) is 5.16 Å². The van der Waals surface area contributed by atoms with E-state index >= 15 is 0 Å². The number of aromatic nitrogens is 1. The van der Waals surface area contributed by atoms with Crippen molar-refractivity contribution in [1.29, 1.82) is 0 Å². The highest BCUT2D eigenvalue weighted by atomic mass is 16.5. The van der Waals surface area contributed by atoms with Gasteiger partial charge in [-0.15, -0.1) is 0 Å². The smallest absolute Gasteiger partial charge is 0.273 e. The van der Waals surface area contributed by atoms with Crippen molar-refractivity contribution in [2.45, 2.75) is 94.3 Å². The van der Waals surface area contributed by atoms with E-state index in [0.717, 1.165) is 70.0 Å². The number of piperidine rings is 1. The second-order valence-electron chi connectivity index (χ2n) is 9.27. The molecule has 7 nitrogen and oxygen atoms in total. The van der Waals surface area contributed by atoms with Gasteiger partial charge in [-0.2, -0.15) is 0 Å². The molecule has 7 heteroatoms. The number of nitrogens with zero attached hydrogens (tertiary/aromatic N) is 2. The third-order valence-corrected chi connectivity index (χ3v) is 7.18. The lowest BCUT2D eigenvalue weighted by Crippen LogP contribution is -2.54. The number of nitrogens with two attached hydrogens (primary N) is 1. The highest BCUT2D eigenvalue weighted by Gasteiger charge is 2.45. The minimum absolute atomic E-state index is 0.106. The first-order valence-electron chi connectivity index (χ1n) is 10.9. The standard InChI is InChI=1S/C21H30N4O3/c22-14-5-3-13(4-6-14)21(27)25-16-7-8-17(25)10-15(9-16)23-20(26)18-11-19(28-24-18)12-1-2-12/h11-17H,1-10,22H2,(H,23,26)/t13-,14-,15-,16+,17-. The summed E-state index contributed by atoms with van der Waals surface area (Å²) >= 11 is 0. The third kappa shape index (κ3) is 3.45. The molecule has 0 spiro atoms. The van der Waals surface area contributed by atoms with Crippen molar-refractivity contribution in [2.75, 3.05) is 0 Å². The Morgan fingerprint density at radius 3 is 2.36 bits per heavy atom. The summed E-state index contributed by atoms with van der Waals surface area (Å²) in [6, 6.07) is 2.67. The summed E-state index contributed by atoms with van der Waals surface area (Å²) < 4.78 is 5.30. The molecule has 5 rings (SSSR count). The largest absolute Gasteiger partial charge is 0.360 e. The van der Waals surface area contributed by atoms with E-state index in [-0.39, 0.29) is 36.0 Å². The normalized spacial score (nSPS) is 35.0. The monoisotopic (exact) mass is 386 g/mol. The van der Waals surface area contributed by atoms with E-state index in [2.05, 4.69) is 15.4 Å². The molecule has 2 saturated carbocycles. The van der Waals surface area contributed by atoms with Gasteiger partial charge in [0.2, 0.25) is 5.91 Å². The molecule has 1 aromatic heterocycles. The Morgan fingerprint density at radius 2 is 1.71 bits per heavy atom. The molecule has 2 aliphatic heterocycles. The van der Waals surface area contributed by atoms with Crippen LogP contribution in [0.4, 0.5) is 0 Å². The zero-order valence-electron chi connectivity index (χ0n) is 16.3. The molecule has 3 atom stereocenters. The SMILES string of the molecule is N[C@H]1CC[C@H](C(=O)N2[C@@H]3CC[C@H]2C[C@@H](NC(=O)c2cc(C4CC4)on2)C3)CC1. The second kappa shape index (κ2) is 7.17. The predicted molar refractivity (Wildman–Crippen MR) is 103 cm³/mol. The number of hydrogen-bond donors (Lipinski definition) is 2. The van der Waals surface area contributed by atoms with E-state index in [9.17, 15) is 9.59 Å². The molecule has 2 aliphatic carbocycles. The van der Waals surface area contributed by atoms with E-state index in [4.69, 9.17) is 10.3 Å². The van der Waals surface area contributed by atoms with Crippen molar-refractivity contribution in [1.82, 2.24) is 15.4 Å². The van der Waals surface area contributed by atoms with Gasteiger partial charge < -0.3 is 20.5 Å². The first kappa shape index (κ1) is 18.2. The van der Waals surface area contributed by atoms with Gasteiger partial charge in [-0.05, 0) is 64.2 Å². The maximum atomic E-state index is 13.1. The van der Waals surface area contributed by atoms with E-state index in [1.54, 1.807) is 6.07 Å². The Labute approximate surface area is 165 Å². The van der Waals surface area contributed by atoms with Crippen LogP contribution in [-0.2, 0) is 4.79 Å². The summed E-state index contributed by atoms with van der Waals surface area (Å²) in [5.74, 6) is 1.60. The van der Waals surface area contributed by atoms with Crippen LogP contribution in [0.1, 0.15) is 86.4 Å². The van der Waals surface area contributed by atoms with Gasteiger partial charge in [0.25, 0.3) is 5.91 Å². The highest BCUT2D eigenvalue weighted by molar-refractivity contribution is 5.92. The minimum Gasteiger partial charge on any atom is -0.360 e. The lowest BCUT2D eigenvalue weighted by Gasteiger charge is -2.41. The number of hydrogen-bond acceptors (Lipinski definition) is 5. The highest BCUT2D eigenvalue weighted by Crippen LogP contribution is 2.41. The Bertz CT molecular complexity index is 737.